The molecule has 0 aliphatic heterocycles. The lowest BCUT2D eigenvalue weighted by molar-refractivity contribution is -0.142. The molecule has 0 bridgehead atoms. The van der Waals surface area contributed by atoms with Crippen LogP contribution < -0.4 is 10.1 Å². The van der Waals surface area contributed by atoms with Gasteiger partial charge < -0.3 is 15.2 Å². The van der Waals surface area contributed by atoms with Gasteiger partial charge in [-0.2, -0.15) is 0 Å². The van der Waals surface area contributed by atoms with Crippen molar-refractivity contribution in [2.24, 2.45) is 5.92 Å². The van der Waals surface area contributed by atoms with Gasteiger partial charge in [0.2, 0.25) is 5.91 Å². The molecule has 0 fully saturated rings. The number of carboxylic acid groups (broad SMARTS) is 1. The van der Waals surface area contributed by atoms with E-state index in [0.717, 1.165) is 11.3 Å². The number of aliphatic carboxylic acids is 1. The monoisotopic (exact) mass is 307 g/mol. The molecule has 0 saturated carbocycles. The first kappa shape index (κ1) is 18.0. The quantitative estimate of drug-likeness (QED) is 0.774. The normalized spacial score (nSPS) is 13.5. The van der Waals surface area contributed by atoms with Crippen molar-refractivity contribution in [3.8, 4) is 5.75 Å². The molecule has 5 heteroatoms. The van der Waals surface area contributed by atoms with Crippen LogP contribution in [0.1, 0.15) is 45.1 Å². The first-order valence-electron chi connectivity index (χ1n) is 7.50. The number of para-hydroxylation sites is 1. The molecular weight excluding hydrogens is 282 g/mol. The molecule has 1 aromatic rings. The molecule has 122 valence electrons. The zero-order valence-corrected chi connectivity index (χ0v) is 13.6. The molecule has 0 aliphatic rings. The predicted molar refractivity (Wildman–Crippen MR) is 85.0 cm³/mol. The Bertz CT molecular complexity index is 513. The van der Waals surface area contributed by atoms with Crippen molar-refractivity contribution in [3.05, 3.63) is 29.8 Å². The van der Waals surface area contributed by atoms with Gasteiger partial charge in [0.1, 0.15) is 11.8 Å². The molecule has 0 aromatic heterocycles. The summed E-state index contributed by atoms with van der Waals surface area (Å²) in [4.78, 5) is 23.3. The smallest absolute Gasteiger partial charge is 0.326 e. The Morgan fingerprint density at radius 2 is 1.86 bits per heavy atom. The molecule has 22 heavy (non-hydrogen) atoms. The largest absolute Gasteiger partial charge is 0.496 e. The van der Waals surface area contributed by atoms with E-state index in [1.165, 1.54) is 0 Å². The van der Waals surface area contributed by atoms with Gasteiger partial charge in [-0.25, -0.2) is 4.79 Å². The molecule has 1 amide bonds. The highest BCUT2D eigenvalue weighted by atomic mass is 16.5. The summed E-state index contributed by atoms with van der Waals surface area (Å²) in [5, 5.41) is 11.8. The second kappa shape index (κ2) is 8.41. The van der Waals surface area contributed by atoms with Crippen LogP contribution in [0.4, 0.5) is 0 Å². The van der Waals surface area contributed by atoms with E-state index in [1.54, 1.807) is 7.11 Å². The van der Waals surface area contributed by atoms with Crippen molar-refractivity contribution in [3.63, 3.8) is 0 Å². The summed E-state index contributed by atoms with van der Waals surface area (Å²) in [6.45, 7) is 5.79. The Balaban J connectivity index is 2.69. The number of ether oxygens (including phenoxy) is 1. The van der Waals surface area contributed by atoms with Gasteiger partial charge in [-0.3, -0.25) is 4.79 Å². The molecule has 2 N–H and O–H groups in total. The van der Waals surface area contributed by atoms with Crippen LogP contribution in [0.2, 0.25) is 0 Å². The van der Waals surface area contributed by atoms with Crippen LogP contribution in [0, 0.1) is 5.92 Å². The fourth-order valence-electron chi connectivity index (χ4n) is 2.41. The number of amides is 1. The molecular formula is C17H25NO4. The lowest BCUT2D eigenvalue weighted by Gasteiger charge is -2.19. The highest BCUT2D eigenvalue weighted by Crippen LogP contribution is 2.28. The Kier molecular flexibility index (Phi) is 6.89. The van der Waals surface area contributed by atoms with Crippen molar-refractivity contribution in [2.75, 3.05) is 7.11 Å². The summed E-state index contributed by atoms with van der Waals surface area (Å²) < 4.78 is 5.29. The van der Waals surface area contributed by atoms with Crippen LogP contribution in [0.15, 0.2) is 24.3 Å². The minimum Gasteiger partial charge on any atom is -0.496 e. The van der Waals surface area contributed by atoms with Gasteiger partial charge in [0.25, 0.3) is 0 Å². The van der Waals surface area contributed by atoms with Crippen LogP contribution in [0.25, 0.3) is 0 Å². The van der Waals surface area contributed by atoms with Crippen LogP contribution in [-0.2, 0) is 9.59 Å². The van der Waals surface area contributed by atoms with Gasteiger partial charge in [0.15, 0.2) is 0 Å². The maximum absolute atomic E-state index is 12.1. The third kappa shape index (κ3) is 5.39. The van der Waals surface area contributed by atoms with Gasteiger partial charge in [0, 0.05) is 6.42 Å². The fraction of sp³-hybridized carbons (Fsp3) is 0.529. The minimum atomic E-state index is -0.994. The van der Waals surface area contributed by atoms with Crippen molar-refractivity contribution >= 4 is 11.9 Å². The second-order valence-corrected chi connectivity index (χ2v) is 5.94. The Morgan fingerprint density at radius 1 is 1.23 bits per heavy atom. The zero-order valence-electron chi connectivity index (χ0n) is 13.6. The lowest BCUT2D eigenvalue weighted by Crippen LogP contribution is -2.41. The van der Waals surface area contributed by atoms with Gasteiger partial charge in [0.05, 0.1) is 7.11 Å². The van der Waals surface area contributed by atoms with Crippen molar-refractivity contribution in [1.82, 2.24) is 5.32 Å². The number of rotatable bonds is 8. The zero-order chi connectivity index (χ0) is 16.7. The van der Waals surface area contributed by atoms with Crippen molar-refractivity contribution in [2.45, 2.75) is 45.6 Å². The summed E-state index contributed by atoms with van der Waals surface area (Å²) in [5.74, 6) is -0.365. The number of hydrogen-bond donors (Lipinski definition) is 2. The van der Waals surface area contributed by atoms with E-state index in [0.29, 0.717) is 6.42 Å². The summed E-state index contributed by atoms with van der Waals surface area (Å²) in [6.07, 6.45) is 0.645. The number of benzene rings is 1. The van der Waals surface area contributed by atoms with E-state index < -0.39 is 12.0 Å². The van der Waals surface area contributed by atoms with E-state index in [2.05, 4.69) is 5.32 Å². The minimum absolute atomic E-state index is 0.0513. The van der Waals surface area contributed by atoms with Gasteiger partial charge in [-0.05, 0) is 29.9 Å². The predicted octanol–water partition coefficient (Wildman–Crippen LogP) is 2.80. The number of carboxylic acids is 1. The summed E-state index contributed by atoms with van der Waals surface area (Å²) >= 11 is 0. The molecule has 0 saturated heterocycles. The summed E-state index contributed by atoms with van der Waals surface area (Å²) in [5.41, 5.74) is 0.941. The van der Waals surface area contributed by atoms with Gasteiger partial charge in [-0.1, -0.05) is 39.0 Å². The third-order valence-electron chi connectivity index (χ3n) is 3.50. The lowest BCUT2D eigenvalue weighted by atomic mass is 9.96. The molecule has 0 heterocycles. The van der Waals surface area contributed by atoms with E-state index in [1.807, 2.05) is 45.0 Å². The van der Waals surface area contributed by atoms with E-state index >= 15 is 0 Å². The standard InChI is InChI=1S/C17H25NO4/c1-11(2)9-14(17(20)21)18-16(19)10-12(3)13-7-5-6-8-15(13)22-4/h5-8,11-12,14H,9-10H2,1-4H3,(H,18,19)(H,20,21)/t12?,14-/m0/s1. The Labute approximate surface area is 131 Å². The Morgan fingerprint density at radius 3 is 2.41 bits per heavy atom. The molecule has 2 atom stereocenters. The van der Waals surface area contributed by atoms with Crippen LogP contribution in [0.5, 0.6) is 5.75 Å². The van der Waals surface area contributed by atoms with Crippen LogP contribution in [-0.4, -0.2) is 30.1 Å². The van der Waals surface area contributed by atoms with E-state index in [-0.39, 0.29) is 24.2 Å². The molecule has 0 aliphatic carbocycles. The summed E-state index contributed by atoms with van der Waals surface area (Å²) in [6, 6.07) is 6.70. The molecule has 1 aromatic carbocycles. The second-order valence-electron chi connectivity index (χ2n) is 5.94. The molecule has 1 rings (SSSR count). The van der Waals surface area contributed by atoms with E-state index in [9.17, 15) is 9.59 Å². The van der Waals surface area contributed by atoms with Crippen LogP contribution in [0.3, 0.4) is 0 Å². The average Bonchev–Trinajstić information content (AvgIpc) is 2.45. The highest BCUT2D eigenvalue weighted by Gasteiger charge is 2.22. The topological polar surface area (TPSA) is 75.6 Å². The first-order valence-corrected chi connectivity index (χ1v) is 7.50. The average molecular weight is 307 g/mol. The molecule has 5 nitrogen and oxygen atoms in total. The number of carbonyl (C=O) groups excluding carboxylic acids is 1. The molecule has 1 unspecified atom stereocenters. The van der Waals surface area contributed by atoms with Crippen molar-refractivity contribution in [1.29, 1.82) is 0 Å². The number of hydrogen-bond acceptors (Lipinski definition) is 3. The fourth-order valence-corrected chi connectivity index (χ4v) is 2.41. The number of methoxy groups -OCH3 is 1. The molecule has 0 radical (unpaired) electrons. The maximum Gasteiger partial charge on any atom is 0.326 e. The SMILES string of the molecule is COc1ccccc1C(C)CC(=O)N[C@@H](CC(C)C)C(=O)O. The number of carbonyl (C=O) groups is 2. The Hall–Kier alpha value is -2.04. The van der Waals surface area contributed by atoms with Crippen molar-refractivity contribution < 1.29 is 19.4 Å². The number of nitrogens with one attached hydrogen (secondary N) is 1. The first-order chi connectivity index (χ1) is 10.3. The highest BCUT2D eigenvalue weighted by molar-refractivity contribution is 5.84. The summed E-state index contributed by atoms with van der Waals surface area (Å²) in [7, 11) is 1.59. The van der Waals surface area contributed by atoms with E-state index in [4.69, 9.17) is 9.84 Å². The van der Waals surface area contributed by atoms with Crippen LogP contribution >= 0.6 is 0 Å². The molecule has 0 spiro atoms. The third-order valence-corrected chi connectivity index (χ3v) is 3.50. The van der Waals surface area contributed by atoms with Gasteiger partial charge in [-0.15, -0.1) is 0 Å². The maximum atomic E-state index is 12.1. The van der Waals surface area contributed by atoms with Gasteiger partial charge >= 0.3 is 5.97 Å².